The van der Waals surface area contributed by atoms with Gasteiger partial charge in [0.2, 0.25) is 0 Å². The molecule has 0 bridgehead atoms. The van der Waals surface area contributed by atoms with E-state index in [4.69, 9.17) is 22.6 Å². The van der Waals surface area contributed by atoms with E-state index in [0.29, 0.717) is 35.8 Å². The van der Waals surface area contributed by atoms with E-state index in [2.05, 4.69) is 0 Å². The Morgan fingerprint density at radius 2 is 2.24 bits per heavy atom. The summed E-state index contributed by atoms with van der Waals surface area (Å²) >= 11 is 5.84. The van der Waals surface area contributed by atoms with Gasteiger partial charge >= 0.3 is 0 Å². The summed E-state index contributed by atoms with van der Waals surface area (Å²) in [6.45, 7) is 2.83. The van der Waals surface area contributed by atoms with Gasteiger partial charge in [-0.25, -0.2) is 0 Å². The Morgan fingerprint density at radius 3 is 2.76 bits per heavy atom. The molecule has 0 spiro atoms. The fourth-order valence-corrected chi connectivity index (χ4v) is 1.75. The Hall–Kier alpha value is -1.73. The van der Waals surface area contributed by atoms with Crippen LogP contribution in [0, 0.1) is 11.3 Å². The summed E-state index contributed by atoms with van der Waals surface area (Å²) in [5.74, 6) is -0.156. The zero-order valence-electron chi connectivity index (χ0n) is 9.61. The molecule has 0 atom stereocenters. The minimum atomic E-state index is -0.156. The largest absolute Gasteiger partial charge is 0.399 e. The molecule has 1 aromatic carbocycles. The Morgan fingerprint density at radius 1 is 1.53 bits per heavy atom. The molecule has 0 saturated carbocycles. The average molecular weight is 252 g/mol. The number of nitrogens with two attached hydrogens (primary N) is 1. The molecule has 1 aromatic rings. The van der Waals surface area contributed by atoms with Crippen molar-refractivity contribution in [3.05, 3.63) is 28.8 Å². The van der Waals surface area contributed by atoms with Crippen molar-refractivity contribution in [2.24, 2.45) is 0 Å². The molecule has 0 aliphatic rings. The summed E-state index contributed by atoms with van der Waals surface area (Å²) in [5, 5.41) is 8.96. The third-order valence-corrected chi connectivity index (χ3v) is 2.55. The lowest BCUT2D eigenvalue weighted by molar-refractivity contribution is 0.0768. The Balaban J connectivity index is 2.90. The van der Waals surface area contributed by atoms with Gasteiger partial charge in [0, 0.05) is 29.4 Å². The molecule has 0 aliphatic carbocycles. The number of hydrogen-bond acceptors (Lipinski definition) is 3. The van der Waals surface area contributed by atoms with Gasteiger partial charge in [-0.2, -0.15) is 5.26 Å². The number of nitriles is 1. The molecular formula is C12H14ClN3O. The van der Waals surface area contributed by atoms with Crippen molar-refractivity contribution in [2.45, 2.75) is 13.3 Å². The number of carbonyl (C=O) groups excluding carboxylic acids is 1. The Bertz CT molecular complexity index is 433. The molecule has 4 nitrogen and oxygen atoms in total. The average Bonchev–Trinajstić information content (AvgIpc) is 2.28. The molecule has 0 fully saturated rings. The minimum Gasteiger partial charge on any atom is -0.399 e. The van der Waals surface area contributed by atoms with E-state index in [-0.39, 0.29) is 5.91 Å². The second kappa shape index (κ2) is 6.12. The highest BCUT2D eigenvalue weighted by molar-refractivity contribution is 6.31. The van der Waals surface area contributed by atoms with E-state index >= 15 is 0 Å². The van der Waals surface area contributed by atoms with Crippen LogP contribution in [0.15, 0.2) is 18.2 Å². The predicted molar refractivity (Wildman–Crippen MR) is 67.7 cm³/mol. The molecule has 0 radical (unpaired) electrons. The topological polar surface area (TPSA) is 70.1 Å². The molecule has 0 unspecified atom stereocenters. The number of benzene rings is 1. The zero-order valence-corrected chi connectivity index (χ0v) is 10.4. The van der Waals surface area contributed by atoms with Gasteiger partial charge in [0.1, 0.15) is 0 Å². The van der Waals surface area contributed by atoms with Crippen molar-refractivity contribution in [3.63, 3.8) is 0 Å². The van der Waals surface area contributed by atoms with Crippen molar-refractivity contribution in [3.8, 4) is 6.07 Å². The number of nitrogens with zero attached hydrogens (tertiary/aromatic N) is 2. The third kappa shape index (κ3) is 3.65. The fourth-order valence-electron chi connectivity index (χ4n) is 1.51. The molecule has 90 valence electrons. The Kier molecular flexibility index (Phi) is 4.80. The smallest absolute Gasteiger partial charge is 0.254 e. The zero-order chi connectivity index (χ0) is 12.8. The molecule has 17 heavy (non-hydrogen) atoms. The van der Waals surface area contributed by atoms with Gasteiger partial charge < -0.3 is 10.6 Å². The van der Waals surface area contributed by atoms with Gasteiger partial charge in [0.05, 0.1) is 12.5 Å². The van der Waals surface area contributed by atoms with Crippen molar-refractivity contribution < 1.29 is 4.79 Å². The van der Waals surface area contributed by atoms with Crippen molar-refractivity contribution >= 4 is 23.2 Å². The fraction of sp³-hybridized carbons (Fsp3) is 0.333. The molecular weight excluding hydrogens is 238 g/mol. The predicted octanol–water partition coefficient (Wildman–Crippen LogP) is 2.30. The first-order chi connectivity index (χ1) is 8.08. The summed E-state index contributed by atoms with van der Waals surface area (Å²) in [4.78, 5) is 13.7. The highest BCUT2D eigenvalue weighted by Gasteiger charge is 2.14. The standard InChI is InChI=1S/C12H14ClN3O/c1-2-16(5-3-4-14)12(17)9-6-10(13)8-11(15)7-9/h6-8H,2-3,5,15H2,1H3. The van der Waals surface area contributed by atoms with E-state index in [1.54, 1.807) is 23.1 Å². The van der Waals surface area contributed by atoms with E-state index in [0.717, 1.165) is 0 Å². The summed E-state index contributed by atoms with van der Waals surface area (Å²) in [6, 6.07) is 6.77. The normalized spacial score (nSPS) is 9.71. The summed E-state index contributed by atoms with van der Waals surface area (Å²) < 4.78 is 0. The molecule has 0 aliphatic heterocycles. The molecule has 2 N–H and O–H groups in total. The Labute approximate surface area is 106 Å². The monoisotopic (exact) mass is 251 g/mol. The maximum atomic E-state index is 12.1. The second-order valence-electron chi connectivity index (χ2n) is 3.57. The van der Waals surface area contributed by atoms with Crippen molar-refractivity contribution in [1.82, 2.24) is 4.90 Å². The summed E-state index contributed by atoms with van der Waals surface area (Å²) in [6.07, 6.45) is 0.315. The number of halogens is 1. The van der Waals surface area contributed by atoms with Crippen LogP contribution in [0.25, 0.3) is 0 Å². The molecule has 0 saturated heterocycles. The van der Waals surface area contributed by atoms with E-state index in [1.165, 1.54) is 0 Å². The first-order valence-corrected chi connectivity index (χ1v) is 5.68. The SMILES string of the molecule is CCN(CCC#N)C(=O)c1cc(N)cc(Cl)c1. The maximum absolute atomic E-state index is 12.1. The summed E-state index contributed by atoms with van der Waals surface area (Å²) in [7, 11) is 0. The lowest BCUT2D eigenvalue weighted by Crippen LogP contribution is -2.31. The van der Waals surface area contributed by atoms with Gasteiger partial charge in [0.15, 0.2) is 0 Å². The number of rotatable bonds is 4. The third-order valence-electron chi connectivity index (χ3n) is 2.33. The van der Waals surface area contributed by atoms with E-state index in [1.807, 2.05) is 13.0 Å². The van der Waals surface area contributed by atoms with Crippen LogP contribution >= 0.6 is 11.6 Å². The van der Waals surface area contributed by atoms with Crippen LogP contribution in [0.3, 0.4) is 0 Å². The molecule has 1 rings (SSSR count). The van der Waals surface area contributed by atoms with Crippen molar-refractivity contribution in [2.75, 3.05) is 18.8 Å². The highest BCUT2D eigenvalue weighted by Crippen LogP contribution is 2.18. The number of amides is 1. The van der Waals surface area contributed by atoms with Crippen LogP contribution in [0.4, 0.5) is 5.69 Å². The number of hydrogen-bond donors (Lipinski definition) is 1. The van der Waals surface area contributed by atoms with Crippen molar-refractivity contribution in [1.29, 1.82) is 5.26 Å². The van der Waals surface area contributed by atoms with Crippen LogP contribution in [0.2, 0.25) is 5.02 Å². The van der Waals surface area contributed by atoms with Gasteiger partial charge in [-0.1, -0.05) is 11.6 Å². The van der Waals surface area contributed by atoms with Crippen LogP contribution in [0.1, 0.15) is 23.7 Å². The minimum absolute atomic E-state index is 0.156. The van der Waals surface area contributed by atoms with Crippen LogP contribution < -0.4 is 5.73 Å². The lowest BCUT2D eigenvalue weighted by Gasteiger charge is -2.19. The first-order valence-electron chi connectivity index (χ1n) is 5.30. The maximum Gasteiger partial charge on any atom is 0.254 e. The van der Waals surface area contributed by atoms with Crippen LogP contribution in [-0.2, 0) is 0 Å². The van der Waals surface area contributed by atoms with Gasteiger partial charge in [-0.05, 0) is 25.1 Å². The molecule has 0 aromatic heterocycles. The van der Waals surface area contributed by atoms with Gasteiger partial charge in [-0.15, -0.1) is 0 Å². The second-order valence-corrected chi connectivity index (χ2v) is 4.00. The number of carbonyl (C=O) groups is 1. The molecule has 1 amide bonds. The molecule has 0 heterocycles. The van der Waals surface area contributed by atoms with Gasteiger partial charge in [0.25, 0.3) is 5.91 Å². The van der Waals surface area contributed by atoms with E-state index in [9.17, 15) is 4.79 Å². The van der Waals surface area contributed by atoms with Crippen LogP contribution in [0.5, 0.6) is 0 Å². The quantitative estimate of drug-likeness (QED) is 0.835. The van der Waals surface area contributed by atoms with Gasteiger partial charge in [-0.3, -0.25) is 4.79 Å². The molecule has 5 heteroatoms. The van der Waals surface area contributed by atoms with E-state index < -0.39 is 0 Å². The highest BCUT2D eigenvalue weighted by atomic mass is 35.5. The lowest BCUT2D eigenvalue weighted by atomic mass is 10.1. The number of anilines is 1. The van der Waals surface area contributed by atoms with Crippen LogP contribution in [-0.4, -0.2) is 23.9 Å². The number of nitrogen functional groups attached to an aromatic ring is 1. The first kappa shape index (κ1) is 13.3. The summed E-state index contributed by atoms with van der Waals surface area (Å²) in [5.41, 5.74) is 6.54.